The van der Waals surface area contributed by atoms with Crippen molar-refractivity contribution in [2.75, 3.05) is 13.2 Å². The van der Waals surface area contributed by atoms with Crippen LogP contribution in [0.1, 0.15) is 17.9 Å². The van der Waals surface area contributed by atoms with E-state index in [0.717, 1.165) is 13.0 Å². The molecule has 0 aliphatic carbocycles. The van der Waals surface area contributed by atoms with E-state index in [4.69, 9.17) is 5.11 Å². The monoisotopic (exact) mass is 177 g/mol. The zero-order valence-electron chi connectivity index (χ0n) is 7.61. The maximum absolute atomic E-state index is 8.97. The first-order chi connectivity index (χ1) is 6.40. The van der Waals surface area contributed by atoms with Crippen molar-refractivity contribution in [1.29, 1.82) is 0 Å². The minimum Gasteiger partial charge on any atom is -0.395 e. The van der Waals surface area contributed by atoms with Crippen molar-refractivity contribution in [3.63, 3.8) is 0 Å². The Balaban J connectivity index is 2.04. The number of hydrogen-bond acceptors (Lipinski definition) is 2. The van der Waals surface area contributed by atoms with Gasteiger partial charge in [0.05, 0.1) is 6.61 Å². The highest BCUT2D eigenvalue weighted by atomic mass is 16.3. The second kappa shape index (κ2) is 3.90. The summed E-state index contributed by atoms with van der Waals surface area (Å²) < 4.78 is 0. The highest BCUT2D eigenvalue weighted by molar-refractivity contribution is 5.21. The molecule has 0 amide bonds. The molecule has 0 aromatic heterocycles. The van der Waals surface area contributed by atoms with Gasteiger partial charge in [0.25, 0.3) is 0 Å². The largest absolute Gasteiger partial charge is 0.395 e. The van der Waals surface area contributed by atoms with Crippen LogP contribution in [0.3, 0.4) is 0 Å². The lowest BCUT2D eigenvalue weighted by Crippen LogP contribution is -2.24. The molecule has 2 N–H and O–H groups in total. The van der Waals surface area contributed by atoms with E-state index in [9.17, 15) is 0 Å². The zero-order chi connectivity index (χ0) is 9.10. The van der Waals surface area contributed by atoms with Crippen LogP contribution in [-0.2, 0) is 0 Å². The van der Waals surface area contributed by atoms with E-state index < -0.39 is 0 Å². The highest BCUT2D eigenvalue weighted by Crippen LogP contribution is 2.24. The van der Waals surface area contributed by atoms with Crippen LogP contribution in [-0.4, -0.2) is 24.3 Å². The van der Waals surface area contributed by atoms with Crippen LogP contribution in [0.2, 0.25) is 0 Å². The summed E-state index contributed by atoms with van der Waals surface area (Å²) in [5.41, 5.74) is 1.38. The van der Waals surface area contributed by atoms with Gasteiger partial charge in [0, 0.05) is 12.6 Å². The molecule has 0 spiro atoms. The number of rotatable bonds is 2. The average molecular weight is 177 g/mol. The van der Waals surface area contributed by atoms with E-state index in [-0.39, 0.29) is 6.61 Å². The molecule has 0 radical (unpaired) electrons. The molecule has 70 valence electrons. The van der Waals surface area contributed by atoms with Gasteiger partial charge in [0.15, 0.2) is 0 Å². The fourth-order valence-electron chi connectivity index (χ4n) is 1.94. The molecule has 2 nitrogen and oxygen atoms in total. The minimum atomic E-state index is 0.253. The van der Waals surface area contributed by atoms with Crippen molar-refractivity contribution in [2.45, 2.75) is 18.4 Å². The van der Waals surface area contributed by atoms with Crippen LogP contribution < -0.4 is 5.32 Å². The van der Waals surface area contributed by atoms with E-state index in [0.29, 0.717) is 12.0 Å². The summed E-state index contributed by atoms with van der Waals surface area (Å²) in [4.78, 5) is 0. The summed E-state index contributed by atoms with van der Waals surface area (Å²) in [5, 5.41) is 12.3. The molecule has 2 rings (SSSR count). The summed E-state index contributed by atoms with van der Waals surface area (Å²) in [6.07, 6.45) is 1.06. The Hall–Kier alpha value is -0.860. The summed E-state index contributed by atoms with van der Waals surface area (Å²) in [5.74, 6) is 0.582. The van der Waals surface area contributed by atoms with Gasteiger partial charge >= 0.3 is 0 Å². The third-order valence-electron chi connectivity index (χ3n) is 2.71. The fraction of sp³-hybridized carbons (Fsp3) is 0.455. The lowest BCUT2D eigenvalue weighted by atomic mass is 9.97. The SMILES string of the molecule is OC[C@@H]1C[C@@H](c2ccccc2)CN1. The van der Waals surface area contributed by atoms with Gasteiger partial charge in [-0.15, -0.1) is 0 Å². The van der Waals surface area contributed by atoms with Crippen LogP contribution in [0.4, 0.5) is 0 Å². The fourth-order valence-corrected chi connectivity index (χ4v) is 1.94. The molecule has 1 aromatic carbocycles. The summed E-state index contributed by atoms with van der Waals surface area (Å²) >= 11 is 0. The van der Waals surface area contributed by atoms with Crippen LogP contribution in [0.25, 0.3) is 0 Å². The molecule has 1 fully saturated rings. The molecule has 1 heterocycles. The van der Waals surface area contributed by atoms with Crippen molar-refractivity contribution in [3.05, 3.63) is 35.9 Å². The van der Waals surface area contributed by atoms with Gasteiger partial charge in [-0.1, -0.05) is 30.3 Å². The Morgan fingerprint density at radius 3 is 2.69 bits per heavy atom. The third kappa shape index (κ3) is 1.90. The molecular formula is C11H15NO. The molecule has 0 saturated carbocycles. The maximum atomic E-state index is 8.97. The van der Waals surface area contributed by atoms with Crippen molar-refractivity contribution < 1.29 is 5.11 Å². The first kappa shape index (κ1) is 8.73. The van der Waals surface area contributed by atoms with Crippen LogP contribution >= 0.6 is 0 Å². The van der Waals surface area contributed by atoms with E-state index in [1.54, 1.807) is 0 Å². The van der Waals surface area contributed by atoms with E-state index in [1.165, 1.54) is 5.56 Å². The van der Waals surface area contributed by atoms with Crippen molar-refractivity contribution in [1.82, 2.24) is 5.32 Å². The van der Waals surface area contributed by atoms with Gasteiger partial charge in [-0.3, -0.25) is 0 Å². The maximum Gasteiger partial charge on any atom is 0.0584 e. The Labute approximate surface area is 78.6 Å². The third-order valence-corrected chi connectivity index (χ3v) is 2.71. The minimum absolute atomic E-state index is 0.253. The molecule has 2 atom stereocenters. The number of aliphatic hydroxyl groups excluding tert-OH is 1. The van der Waals surface area contributed by atoms with Gasteiger partial charge < -0.3 is 10.4 Å². The Morgan fingerprint density at radius 2 is 2.08 bits per heavy atom. The van der Waals surface area contributed by atoms with Gasteiger partial charge in [-0.05, 0) is 17.9 Å². The van der Waals surface area contributed by atoms with E-state index in [1.807, 2.05) is 6.07 Å². The normalized spacial score (nSPS) is 27.8. The smallest absolute Gasteiger partial charge is 0.0584 e. The molecule has 1 saturated heterocycles. The molecule has 1 aromatic rings. The lowest BCUT2D eigenvalue weighted by Gasteiger charge is -2.08. The number of aliphatic hydroxyl groups is 1. The molecule has 0 unspecified atom stereocenters. The highest BCUT2D eigenvalue weighted by Gasteiger charge is 2.23. The van der Waals surface area contributed by atoms with E-state index >= 15 is 0 Å². The molecule has 1 aliphatic rings. The number of benzene rings is 1. The lowest BCUT2D eigenvalue weighted by molar-refractivity contribution is 0.254. The standard InChI is InChI=1S/C11H15NO/c13-8-11-6-10(7-12-11)9-4-2-1-3-5-9/h1-5,10-13H,6-8H2/t10-,11+/m1/s1. The number of nitrogens with one attached hydrogen (secondary N) is 1. The summed E-state index contributed by atoms with van der Waals surface area (Å²) in [6, 6.07) is 10.8. The topological polar surface area (TPSA) is 32.3 Å². The van der Waals surface area contributed by atoms with Crippen molar-refractivity contribution in [3.8, 4) is 0 Å². The Kier molecular flexibility index (Phi) is 2.62. The van der Waals surface area contributed by atoms with Gasteiger partial charge in [-0.25, -0.2) is 0 Å². The second-order valence-corrected chi connectivity index (χ2v) is 3.63. The second-order valence-electron chi connectivity index (χ2n) is 3.63. The molecule has 0 bridgehead atoms. The van der Waals surface area contributed by atoms with Gasteiger partial charge in [0.2, 0.25) is 0 Å². The number of hydrogen-bond donors (Lipinski definition) is 2. The molecule has 2 heteroatoms. The quantitative estimate of drug-likeness (QED) is 0.709. The van der Waals surface area contributed by atoms with Gasteiger partial charge in [-0.2, -0.15) is 0 Å². The molecule has 1 aliphatic heterocycles. The van der Waals surface area contributed by atoms with Crippen LogP contribution in [0.5, 0.6) is 0 Å². The predicted molar refractivity (Wildman–Crippen MR) is 52.7 cm³/mol. The Bertz CT molecular complexity index is 260. The summed E-state index contributed by atoms with van der Waals surface area (Å²) in [7, 11) is 0. The average Bonchev–Trinajstić information content (AvgIpc) is 2.67. The van der Waals surface area contributed by atoms with Crippen molar-refractivity contribution >= 4 is 0 Å². The summed E-state index contributed by atoms with van der Waals surface area (Å²) in [6.45, 7) is 1.25. The van der Waals surface area contributed by atoms with Gasteiger partial charge in [0.1, 0.15) is 0 Å². The molecule has 13 heavy (non-hydrogen) atoms. The first-order valence-corrected chi connectivity index (χ1v) is 4.79. The van der Waals surface area contributed by atoms with Crippen molar-refractivity contribution in [2.24, 2.45) is 0 Å². The molecular weight excluding hydrogens is 162 g/mol. The first-order valence-electron chi connectivity index (χ1n) is 4.79. The van der Waals surface area contributed by atoms with Crippen LogP contribution in [0.15, 0.2) is 30.3 Å². The van der Waals surface area contributed by atoms with E-state index in [2.05, 4.69) is 29.6 Å². The van der Waals surface area contributed by atoms with Crippen LogP contribution in [0, 0.1) is 0 Å². The zero-order valence-corrected chi connectivity index (χ0v) is 7.61. The predicted octanol–water partition coefficient (Wildman–Crippen LogP) is 1.12. The Morgan fingerprint density at radius 1 is 1.31 bits per heavy atom.